The standard InChI is InChI=1S/C9H2Cl4N2O2S/c10-3-1-4(11)6(12)5(2-3)17-9-7(16)8(13)14-18-15-9/h1-2H. The maximum atomic E-state index is 11.6. The number of aromatic nitrogens is 2. The molecule has 0 saturated heterocycles. The topological polar surface area (TPSA) is 52.1 Å². The minimum Gasteiger partial charge on any atom is -0.433 e. The molecule has 0 spiro atoms. The van der Waals surface area contributed by atoms with Gasteiger partial charge in [0, 0.05) is 11.1 Å². The van der Waals surface area contributed by atoms with Crippen molar-refractivity contribution in [3.05, 3.63) is 42.6 Å². The van der Waals surface area contributed by atoms with Gasteiger partial charge in [-0.3, -0.25) is 4.79 Å². The number of hydrogen-bond donors (Lipinski definition) is 0. The maximum Gasteiger partial charge on any atom is 0.283 e. The van der Waals surface area contributed by atoms with Crippen LogP contribution in [0.5, 0.6) is 11.6 Å². The molecule has 2 rings (SSSR count). The molecule has 1 aromatic carbocycles. The Balaban J connectivity index is 2.46. The average molecular weight is 344 g/mol. The van der Waals surface area contributed by atoms with Crippen molar-refractivity contribution >= 4 is 58.1 Å². The minimum atomic E-state index is -0.636. The lowest BCUT2D eigenvalue weighted by molar-refractivity contribution is 0.462. The molecule has 0 amide bonds. The lowest BCUT2D eigenvalue weighted by Crippen LogP contribution is -2.07. The second-order valence-corrected chi connectivity index (χ2v) is 5.10. The summed E-state index contributed by atoms with van der Waals surface area (Å²) in [5.74, 6) is -0.117. The van der Waals surface area contributed by atoms with E-state index in [9.17, 15) is 4.79 Å². The minimum absolute atomic E-state index is 0.119. The van der Waals surface area contributed by atoms with Crippen LogP contribution in [0.3, 0.4) is 0 Å². The van der Waals surface area contributed by atoms with Crippen LogP contribution < -0.4 is 10.2 Å². The molecule has 1 aromatic heterocycles. The Kier molecular flexibility index (Phi) is 4.29. The molecule has 0 aliphatic heterocycles. The van der Waals surface area contributed by atoms with Crippen LogP contribution in [0, 0.1) is 0 Å². The molecule has 4 nitrogen and oxygen atoms in total. The summed E-state index contributed by atoms with van der Waals surface area (Å²) in [7, 11) is 0. The van der Waals surface area contributed by atoms with Crippen LogP contribution in [0.1, 0.15) is 0 Å². The maximum absolute atomic E-state index is 11.6. The van der Waals surface area contributed by atoms with Crippen molar-refractivity contribution in [1.29, 1.82) is 0 Å². The summed E-state index contributed by atoms with van der Waals surface area (Å²) in [5, 5.41) is 0.417. The van der Waals surface area contributed by atoms with Crippen LogP contribution in [-0.2, 0) is 0 Å². The van der Waals surface area contributed by atoms with Gasteiger partial charge in [-0.25, -0.2) is 0 Å². The molecule has 0 aliphatic carbocycles. The first-order valence-corrected chi connectivity index (χ1v) is 6.58. The van der Waals surface area contributed by atoms with Gasteiger partial charge in [-0.2, -0.15) is 4.37 Å². The predicted octanol–water partition coefficient (Wildman–Crippen LogP) is 4.30. The van der Waals surface area contributed by atoms with E-state index in [0.29, 0.717) is 5.02 Å². The second-order valence-electron chi connectivity index (χ2n) is 2.99. The summed E-state index contributed by atoms with van der Waals surface area (Å²) in [6.45, 7) is 0. The van der Waals surface area contributed by atoms with Crippen molar-refractivity contribution < 1.29 is 4.74 Å². The van der Waals surface area contributed by atoms with Gasteiger partial charge in [0.05, 0.1) is 16.8 Å². The third kappa shape index (κ3) is 2.87. The first-order valence-electron chi connectivity index (χ1n) is 4.34. The van der Waals surface area contributed by atoms with Gasteiger partial charge in [0.1, 0.15) is 5.02 Å². The number of halogens is 4. The molecule has 0 aliphatic rings. The first-order chi connectivity index (χ1) is 8.49. The van der Waals surface area contributed by atoms with Crippen LogP contribution in [0.4, 0.5) is 0 Å². The Morgan fingerprint density at radius 2 is 1.83 bits per heavy atom. The lowest BCUT2D eigenvalue weighted by atomic mass is 10.3. The summed E-state index contributed by atoms with van der Waals surface area (Å²) in [6, 6.07) is 2.86. The number of ether oxygens (including phenoxy) is 1. The number of rotatable bonds is 2. The Morgan fingerprint density at radius 3 is 2.56 bits per heavy atom. The number of benzene rings is 1. The monoisotopic (exact) mass is 342 g/mol. The van der Waals surface area contributed by atoms with Crippen molar-refractivity contribution in [3.8, 4) is 11.6 Å². The van der Waals surface area contributed by atoms with E-state index >= 15 is 0 Å². The fraction of sp³-hybridized carbons (Fsp3) is 0. The van der Waals surface area contributed by atoms with E-state index < -0.39 is 5.43 Å². The van der Waals surface area contributed by atoms with Crippen molar-refractivity contribution in [2.24, 2.45) is 0 Å². The molecule has 18 heavy (non-hydrogen) atoms. The van der Waals surface area contributed by atoms with Gasteiger partial charge >= 0.3 is 0 Å². The van der Waals surface area contributed by atoms with Crippen molar-refractivity contribution in [2.45, 2.75) is 0 Å². The molecule has 0 radical (unpaired) electrons. The molecule has 2 aromatic rings. The first kappa shape index (κ1) is 13.8. The van der Waals surface area contributed by atoms with Gasteiger partial charge in [-0.15, -0.1) is 4.37 Å². The zero-order valence-electron chi connectivity index (χ0n) is 8.29. The largest absolute Gasteiger partial charge is 0.433 e. The quantitative estimate of drug-likeness (QED) is 0.762. The summed E-state index contributed by atoms with van der Waals surface area (Å²) in [4.78, 5) is 11.6. The van der Waals surface area contributed by atoms with Gasteiger partial charge in [0.15, 0.2) is 10.9 Å². The highest BCUT2D eigenvalue weighted by atomic mass is 35.5. The van der Waals surface area contributed by atoms with Crippen LogP contribution >= 0.6 is 58.1 Å². The van der Waals surface area contributed by atoms with E-state index in [4.69, 9.17) is 51.1 Å². The third-order valence-electron chi connectivity index (χ3n) is 1.79. The van der Waals surface area contributed by atoms with E-state index in [1.807, 2.05) is 0 Å². The van der Waals surface area contributed by atoms with Crippen molar-refractivity contribution in [1.82, 2.24) is 8.75 Å². The highest BCUT2D eigenvalue weighted by Crippen LogP contribution is 2.36. The molecule has 9 heteroatoms. The van der Waals surface area contributed by atoms with E-state index in [1.165, 1.54) is 12.1 Å². The smallest absolute Gasteiger partial charge is 0.283 e. The molecular weight excluding hydrogens is 342 g/mol. The van der Waals surface area contributed by atoms with Crippen LogP contribution in [0.25, 0.3) is 0 Å². The summed E-state index contributed by atoms with van der Waals surface area (Å²) in [6.07, 6.45) is 0. The Labute approximate surface area is 125 Å². The fourth-order valence-electron chi connectivity index (χ4n) is 1.04. The Bertz CT molecular complexity index is 662. The molecule has 0 saturated carbocycles. The molecule has 94 valence electrons. The van der Waals surface area contributed by atoms with Gasteiger partial charge in [0.2, 0.25) is 0 Å². The molecule has 1 heterocycles. The zero-order valence-corrected chi connectivity index (χ0v) is 12.1. The zero-order chi connectivity index (χ0) is 13.3. The van der Waals surface area contributed by atoms with Gasteiger partial charge in [0.25, 0.3) is 11.3 Å². The van der Waals surface area contributed by atoms with E-state index in [2.05, 4.69) is 8.75 Å². The van der Waals surface area contributed by atoms with Crippen LogP contribution in [0.15, 0.2) is 16.9 Å². The summed E-state index contributed by atoms with van der Waals surface area (Å²) < 4.78 is 12.5. The van der Waals surface area contributed by atoms with E-state index in [1.54, 1.807) is 0 Å². The van der Waals surface area contributed by atoms with Gasteiger partial charge < -0.3 is 4.74 Å². The number of hydrogen-bond acceptors (Lipinski definition) is 5. The van der Waals surface area contributed by atoms with Gasteiger partial charge in [-0.1, -0.05) is 46.4 Å². The average Bonchev–Trinajstić information content (AvgIpc) is 2.31. The van der Waals surface area contributed by atoms with Crippen LogP contribution in [0.2, 0.25) is 20.2 Å². The Hall–Kier alpha value is -0.590. The van der Waals surface area contributed by atoms with Gasteiger partial charge in [-0.05, 0) is 6.07 Å². The fourth-order valence-corrected chi connectivity index (χ4v) is 2.23. The molecule has 0 unspecified atom stereocenters. The number of nitrogens with zero attached hydrogens (tertiary/aromatic N) is 2. The van der Waals surface area contributed by atoms with Crippen LogP contribution in [-0.4, -0.2) is 8.75 Å². The van der Waals surface area contributed by atoms with E-state index in [0.717, 1.165) is 11.7 Å². The highest BCUT2D eigenvalue weighted by molar-refractivity contribution is 6.99. The molecule has 0 fully saturated rings. The van der Waals surface area contributed by atoms with Crippen molar-refractivity contribution in [2.75, 3.05) is 0 Å². The molecule has 0 bridgehead atoms. The van der Waals surface area contributed by atoms with E-state index in [-0.39, 0.29) is 26.8 Å². The summed E-state index contributed by atoms with van der Waals surface area (Å²) in [5.41, 5.74) is -0.636. The SMILES string of the molecule is O=c1c(Cl)nsnc1Oc1cc(Cl)cc(Cl)c1Cl. The van der Waals surface area contributed by atoms with Crippen molar-refractivity contribution in [3.63, 3.8) is 0 Å². The molecular formula is C9H2Cl4N2O2S. The normalized spacial score (nSPS) is 10.4. The summed E-state index contributed by atoms with van der Waals surface area (Å²) >= 11 is 23.8. The Morgan fingerprint density at radius 1 is 1.11 bits per heavy atom. The predicted molar refractivity (Wildman–Crippen MR) is 72.7 cm³/mol. The second kappa shape index (κ2) is 5.59. The molecule has 0 N–H and O–H groups in total. The lowest BCUT2D eigenvalue weighted by Gasteiger charge is -2.07. The highest BCUT2D eigenvalue weighted by Gasteiger charge is 2.14. The molecule has 0 atom stereocenters. The third-order valence-corrected chi connectivity index (χ3v) is 3.66.